The number of nitrogens with one attached hydrogen (secondary N) is 1. The summed E-state index contributed by atoms with van der Waals surface area (Å²) >= 11 is 1.89. The van der Waals surface area contributed by atoms with Crippen LogP contribution in [0.15, 0.2) is 18.2 Å². The maximum Gasteiger partial charge on any atom is 0.349 e. The molecule has 0 aliphatic rings. The largest absolute Gasteiger partial charge is 0.462 e. The topological polar surface area (TPSA) is 125 Å². The van der Waals surface area contributed by atoms with E-state index in [9.17, 15) is 24.5 Å². The molecule has 0 bridgehead atoms. The number of nitrogens with zero attached hydrogens (tertiary/aromatic N) is 1. The van der Waals surface area contributed by atoms with Gasteiger partial charge in [0.15, 0.2) is 6.61 Å². The molecule has 27 heavy (non-hydrogen) atoms. The molecule has 2 aromatic heterocycles. The van der Waals surface area contributed by atoms with E-state index in [-0.39, 0.29) is 22.0 Å². The predicted octanol–water partition coefficient (Wildman–Crippen LogP) is 3.25. The lowest BCUT2D eigenvalue weighted by atomic mass is 10.2. The number of hydrogen-bond donors (Lipinski definition) is 1. The first kappa shape index (κ1) is 20.5. The average molecular weight is 412 g/mol. The van der Waals surface area contributed by atoms with Crippen LogP contribution in [0.3, 0.4) is 0 Å². The second-order valence-electron chi connectivity index (χ2n) is 5.05. The summed E-state index contributed by atoms with van der Waals surface area (Å²) in [6.45, 7) is 3.20. The van der Waals surface area contributed by atoms with Gasteiger partial charge in [0.25, 0.3) is 5.91 Å². The summed E-state index contributed by atoms with van der Waals surface area (Å²) in [7, 11) is 0. The molecule has 2 rings (SSSR count). The lowest BCUT2D eigenvalue weighted by Gasteiger charge is -2.06. The lowest BCUT2D eigenvalue weighted by Crippen LogP contribution is -2.21. The van der Waals surface area contributed by atoms with Crippen molar-refractivity contribution in [3.63, 3.8) is 0 Å². The Bertz CT molecular complexity index is 872. The zero-order valence-electron chi connectivity index (χ0n) is 14.5. The van der Waals surface area contributed by atoms with E-state index >= 15 is 0 Å². The molecular formula is C16H16N2O7S2. The van der Waals surface area contributed by atoms with Gasteiger partial charge in [-0.15, -0.1) is 11.3 Å². The van der Waals surface area contributed by atoms with Crippen LogP contribution in [0.4, 0.5) is 10.0 Å². The lowest BCUT2D eigenvalue weighted by molar-refractivity contribution is -0.380. The van der Waals surface area contributed by atoms with Gasteiger partial charge in [-0.2, -0.15) is 0 Å². The fraction of sp³-hybridized carbons (Fsp3) is 0.312. The van der Waals surface area contributed by atoms with Crippen molar-refractivity contribution in [2.75, 3.05) is 18.5 Å². The van der Waals surface area contributed by atoms with Gasteiger partial charge in [0.05, 0.1) is 17.1 Å². The van der Waals surface area contributed by atoms with Gasteiger partial charge < -0.3 is 14.8 Å². The molecule has 0 radical (unpaired) electrons. The number of nitro groups is 1. The molecule has 0 atom stereocenters. The SMILES string of the molecule is CCOC(=O)c1cc(CC)sc1NC(=O)COC(=O)c1ccc([N+](=O)[O-])s1. The molecule has 0 fully saturated rings. The van der Waals surface area contributed by atoms with Gasteiger partial charge in [0.2, 0.25) is 0 Å². The molecule has 0 unspecified atom stereocenters. The number of thiophene rings is 2. The Balaban J connectivity index is 1.98. The minimum Gasteiger partial charge on any atom is -0.462 e. The minimum atomic E-state index is -0.839. The van der Waals surface area contributed by atoms with Gasteiger partial charge in [0.1, 0.15) is 9.88 Å². The van der Waals surface area contributed by atoms with Gasteiger partial charge in [-0.25, -0.2) is 9.59 Å². The smallest absolute Gasteiger partial charge is 0.349 e. The van der Waals surface area contributed by atoms with Crippen LogP contribution >= 0.6 is 22.7 Å². The third-order valence-corrected chi connectivity index (χ3v) is 5.40. The number of amides is 1. The molecule has 0 saturated carbocycles. The number of anilines is 1. The van der Waals surface area contributed by atoms with Crippen molar-refractivity contribution in [1.82, 2.24) is 0 Å². The summed E-state index contributed by atoms with van der Waals surface area (Å²) in [5.74, 6) is -2.02. The molecule has 9 nitrogen and oxygen atoms in total. The summed E-state index contributed by atoms with van der Waals surface area (Å²) in [4.78, 5) is 46.8. The Morgan fingerprint density at radius 2 is 1.89 bits per heavy atom. The number of aryl methyl sites for hydroxylation is 1. The van der Waals surface area contributed by atoms with Crippen LogP contribution in [-0.4, -0.2) is 36.0 Å². The highest BCUT2D eigenvalue weighted by Crippen LogP contribution is 2.29. The van der Waals surface area contributed by atoms with E-state index in [1.807, 2.05) is 6.92 Å². The van der Waals surface area contributed by atoms with Crippen LogP contribution < -0.4 is 5.32 Å². The fourth-order valence-corrected chi connectivity index (χ4v) is 3.68. The molecule has 0 spiro atoms. The van der Waals surface area contributed by atoms with E-state index in [1.165, 1.54) is 23.5 Å². The molecule has 0 aromatic carbocycles. The Morgan fingerprint density at radius 1 is 1.15 bits per heavy atom. The molecule has 2 heterocycles. The number of carbonyl (C=O) groups excluding carboxylic acids is 3. The van der Waals surface area contributed by atoms with Crippen molar-refractivity contribution >= 4 is 50.5 Å². The number of ether oxygens (including phenoxy) is 2. The van der Waals surface area contributed by atoms with Crippen LogP contribution in [0, 0.1) is 10.1 Å². The first-order chi connectivity index (χ1) is 12.8. The monoisotopic (exact) mass is 412 g/mol. The van der Waals surface area contributed by atoms with Gasteiger partial charge in [0, 0.05) is 10.9 Å². The van der Waals surface area contributed by atoms with E-state index in [0.29, 0.717) is 22.8 Å². The molecule has 1 N–H and O–H groups in total. The van der Waals surface area contributed by atoms with Crippen LogP contribution in [0.25, 0.3) is 0 Å². The summed E-state index contributed by atoms with van der Waals surface area (Å²) in [5.41, 5.74) is 0.243. The quantitative estimate of drug-likeness (QED) is 0.401. The van der Waals surface area contributed by atoms with Crippen molar-refractivity contribution in [1.29, 1.82) is 0 Å². The molecule has 0 aliphatic carbocycles. The van der Waals surface area contributed by atoms with E-state index in [4.69, 9.17) is 9.47 Å². The molecule has 2 aromatic rings. The van der Waals surface area contributed by atoms with E-state index in [0.717, 1.165) is 4.88 Å². The highest BCUT2D eigenvalue weighted by Gasteiger charge is 2.20. The normalized spacial score (nSPS) is 10.3. The Labute approximate surface area is 162 Å². The van der Waals surface area contributed by atoms with E-state index < -0.39 is 29.4 Å². The molecule has 0 aliphatic heterocycles. The Kier molecular flexibility index (Phi) is 7.02. The number of rotatable bonds is 8. The highest BCUT2D eigenvalue weighted by atomic mass is 32.1. The number of carbonyl (C=O) groups is 3. The van der Waals surface area contributed by atoms with Gasteiger partial charge in [-0.1, -0.05) is 18.3 Å². The Morgan fingerprint density at radius 3 is 2.48 bits per heavy atom. The second-order valence-corrected chi connectivity index (χ2v) is 7.25. The van der Waals surface area contributed by atoms with Gasteiger partial charge in [-0.05, 0) is 25.5 Å². The van der Waals surface area contributed by atoms with Crippen LogP contribution in [0.5, 0.6) is 0 Å². The molecular weight excluding hydrogens is 396 g/mol. The van der Waals surface area contributed by atoms with Gasteiger partial charge in [-0.3, -0.25) is 14.9 Å². The summed E-state index contributed by atoms with van der Waals surface area (Å²) in [6, 6.07) is 4.09. The first-order valence-electron chi connectivity index (χ1n) is 7.86. The first-order valence-corrected chi connectivity index (χ1v) is 9.50. The fourth-order valence-electron chi connectivity index (χ4n) is 1.97. The van der Waals surface area contributed by atoms with Crippen LogP contribution in [-0.2, 0) is 20.7 Å². The third-order valence-electron chi connectivity index (χ3n) is 3.19. The van der Waals surface area contributed by atoms with Crippen molar-refractivity contribution in [3.8, 4) is 0 Å². The van der Waals surface area contributed by atoms with Crippen molar-refractivity contribution < 1.29 is 28.8 Å². The average Bonchev–Trinajstić information content (AvgIpc) is 3.27. The van der Waals surface area contributed by atoms with Crippen molar-refractivity contribution in [3.05, 3.63) is 43.6 Å². The van der Waals surface area contributed by atoms with E-state index in [1.54, 1.807) is 13.0 Å². The summed E-state index contributed by atoms with van der Waals surface area (Å²) in [6.07, 6.45) is 0.680. The van der Waals surface area contributed by atoms with Gasteiger partial charge >= 0.3 is 16.9 Å². The zero-order chi connectivity index (χ0) is 20.0. The summed E-state index contributed by atoms with van der Waals surface area (Å²) in [5, 5.41) is 13.3. The number of esters is 2. The standard InChI is InChI=1S/C16H16N2O7S2/c1-3-9-7-10(15(20)24-4-2)14(26-9)17-12(19)8-25-16(21)11-5-6-13(27-11)18(22)23/h5-7H,3-4,8H2,1-2H3,(H,17,19). The molecule has 1 amide bonds. The maximum absolute atomic E-state index is 12.1. The summed E-state index contributed by atoms with van der Waals surface area (Å²) < 4.78 is 9.82. The number of hydrogen-bond acceptors (Lipinski definition) is 9. The predicted molar refractivity (Wildman–Crippen MR) is 99.5 cm³/mol. The maximum atomic E-state index is 12.1. The Hall–Kier alpha value is -2.79. The molecule has 11 heteroatoms. The minimum absolute atomic E-state index is 0.0195. The third kappa shape index (κ3) is 5.34. The molecule has 0 saturated heterocycles. The molecule has 144 valence electrons. The van der Waals surface area contributed by atoms with Crippen LogP contribution in [0.1, 0.15) is 38.8 Å². The highest BCUT2D eigenvalue weighted by molar-refractivity contribution is 7.17. The second kappa shape index (κ2) is 9.24. The van der Waals surface area contributed by atoms with Crippen molar-refractivity contribution in [2.45, 2.75) is 20.3 Å². The van der Waals surface area contributed by atoms with Crippen molar-refractivity contribution in [2.24, 2.45) is 0 Å². The van der Waals surface area contributed by atoms with E-state index in [2.05, 4.69) is 5.32 Å². The van der Waals surface area contributed by atoms with Crippen LogP contribution in [0.2, 0.25) is 0 Å². The zero-order valence-corrected chi connectivity index (χ0v) is 16.1.